The molecule has 1 N–H and O–H groups in total. The molecule has 0 aliphatic carbocycles. The zero-order chi connectivity index (χ0) is 13.8. The molecule has 1 aromatic rings. The minimum absolute atomic E-state index is 0.159. The SMILES string of the molecule is CCC(CCl)(CCl)NC(=O)c1cc(C)ccc1Br. The Morgan fingerprint density at radius 2 is 2.00 bits per heavy atom. The summed E-state index contributed by atoms with van der Waals surface area (Å²) in [5.74, 6) is 0.429. The fraction of sp³-hybridized carbons (Fsp3) is 0.462. The molecular formula is C13H16BrCl2NO. The lowest BCUT2D eigenvalue weighted by Gasteiger charge is -2.29. The number of carbonyl (C=O) groups is 1. The molecule has 0 unspecified atom stereocenters. The average molecular weight is 353 g/mol. The molecule has 5 heteroatoms. The molecule has 2 nitrogen and oxygen atoms in total. The lowest BCUT2D eigenvalue weighted by Crippen LogP contribution is -2.51. The number of aryl methyl sites for hydroxylation is 1. The molecule has 0 fully saturated rings. The number of amides is 1. The fourth-order valence-electron chi connectivity index (χ4n) is 1.50. The van der Waals surface area contributed by atoms with E-state index >= 15 is 0 Å². The number of halogens is 3. The van der Waals surface area contributed by atoms with Crippen LogP contribution in [0.5, 0.6) is 0 Å². The third kappa shape index (κ3) is 3.62. The van der Waals surface area contributed by atoms with Crippen molar-refractivity contribution in [2.75, 3.05) is 11.8 Å². The molecule has 0 heterocycles. The van der Waals surface area contributed by atoms with Gasteiger partial charge in [-0.25, -0.2) is 0 Å². The smallest absolute Gasteiger partial charge is 0.252 e. The van der Waals surface area contributed by atoms with E-state index in [2.05, 4.69) is 21.2 Å². The van der Waals surface area contributed by atoms with Gasteiger partial charge in [-0.05, 0) is 41.4 Å². The van der Waals surface area contributed by atoms with Crippen LogP contribution in [-0.4, -0.2) is 23.2 Å². The van der Waals surface area contributed by atoms with E-state index in [1.54, 1.807) is 0 Å². The van der Waals surface area contributed by atoms with Crippen molar-refractivity contribution in [1.82, 2.24) is 5.32 Å². The van der Waals surface area contributed by atoms with E-state index in [4.69, 9.17) is 23.2 Å². The largest absolute Gasteiger partial charge is 0.344 e. The maximum atomic E-state index is 12.3. The van der Waals surface area contributed by atoms with E-state index in [1.165, 1.54) is 0 Å². The van der Waals surface area contributed by atoms with Gasteiger partial charge in [-0.1, -0.05) is 18.6 Å². The third-order valence-electron chi connectivity index (χ3n) is 2.93. The molecule has 1 rings (SSSR count). The summed E-state index contributed by atoms with van der Waals surface area (Å²) < 4.78 is 0.764. The Kier molecular flexibility index (Phi) is 5.96. The first-order valence-electron chi connectivity index (χ1n) is 5.68. The monoisotopic (exact) mass is 351 g/mol. The Bertz CT molecular complexity index is 425. The summed E-state index contributed by atoms with van der Waals surface area (Å²) in [6.07, 6.45) is 0.690. The Hall–Kier alpha value is -0.250. The van der Waals surface area contributed by atoms with E-state index < -0.39 is 5.54 Å². The second-order valence-electron chi connectivity index (χ2n) is 4.34. The minimum atomic E-state index is -0.552. The van der Waals surface area contributed by atoms with Crippen molar-refractivity contribution in [3.63, 3.8) is 0 Å². The molecule has 0 spiro atoms. The van der Waals surface area contributed by atoms with Crippen LogP contribution in [0, 0.1) is 6.92 Å². The van der Waals surface area contributed by atoms with Crippen molar-refractivity contribution in [3.05, 3.63) is 33.8 Å². The van der Waals surface area contributed by atoms with E-state index in [-0.39, 0.29) is 5.91 Å². The average Bonchev–Trinajstić information content (AvgIpc) is 2.38. The van der Waals surface area contributed by atoms with Crippen molar-refractivity contribution in [2.45, 2.75) is 25.8 Å². The molecule has 0 aliphatic heterocycles. The van der Waals surface area contributed by atoms with Crippen LogP contribution in [-0.2, 0) is 0 Å². The van der Waals surface area contributed by atoms with Crippen LogP contribution in [0.2, 0.25) is 0 Å². The number of benzene rings is 1. The second-order valence-corrected chi connectivity index (χ2v) is 5.73. The molecule has 1 aromatic carbocycles. The van der Waals surface area contributed by atoms with Crippen LogP contribution >= 0.6 is 39.1 Å². The molecule has 100 valence electrons. The molecule has 0 bridgehead atoms. The summed E-state index contributed by atoms with van der Waals surface area (Å²) in [7, 11) is 0. The van der Waals surface area contributed by atoms with Crippen LogP contribution in [0.15, 0.2) is 22.7 Å². The Morgan fingerprint density at radius 3 is 2.50 bits per heavy atom. The maximum Gasteiger partial charge on any atom is 0.252 e. The van der Waals surface area contributed by atoms with Gasteiger partial charge in [0.15, 0.2) is 0 Å². The molecule has 0 atom stereocenters. The van der Waals surface area contributed by atoms with Crippen LogP contribution in [0.4, 0.5) is 0 Å². The highest BCUT2D eigenvalue weighted by Gasteiger charge is 2.29. The van der Waals surface area contributed by atoms with Crippen molar-refractivity contribution >= 4 is 45.0 Å². The zero-order valence-electron chi connectivity index (χ0n) is 10.4. The van der Waals surface area contributed by atoms with Gasteiger partial charge < -0.3 is 5.32 Å². The summed E-state index contributed by atoms with van der Waals surface area (Å²) in [5.41, 5.74) is 1.08. The van der Waals surface area contributed by atoms with Gasteiger partial charge in [0.05, 0.1) is 11.1 Å². The predicted octanol–water partition coefficient (Wildman–Crippen LogP) is 4.11. The van der Waals surface area contributed by atoms with Crippen LogP contribution in [0.1, 0.15) is 29.3 Å². The minimum Gasteiger partial charge on any atom is -0.344 e. The Balaban J connectivity index is 2.97. The van der Waals surface area contributed by atoms with Crippen molar-refractivity contribution < 1.29 is 4.79 Å². The zero-order valence-corrected chi connectivity index (χ0v) is 13.5. The van der Waals surface area contributed by atoms with Gasteiger partial charge in [0.1, 0.15) is 0 Å². The quantitative estimate of drug-likeness (QED) is 0.793. The molecule has 0 radical (unpaired) electrons. The van der Waals surface area contributed by atoms with Gasteiger partial charge in [0, 0.05) is 16.2 Å². The van der Waals surface area contributed by atoms with Gasteiger partial charge in [-0.3, -0.25) is 4.79 Å². The highest BCUT2D eigenvalue weighted by molar-refractivity contribution is 9.10. The number of hydrogen-bond donors (Lipinski definition) is 1. The first-order chi connectivity index (χ1) is 8.48. The van der Waals surface area contributed by atoms with Gasteiger partial charge in [0.2, 0.25) is 0 Å². The van der Waals surface area contributed by atoms with Gasteiger partial charge in [0.25, 0.3) is 5.91 Å². The highest BCUT2D eigenvalue weighted by atomic mass is 79.9. The van der Waals surface area contributed by atoms with E-state index in [0.717, 1.165) is 10.0 Å². The van der Waals surface area contributed by atoms with E-state index in [9.17, 15) is 4.79 Å². The second kappa shape index (κ2) is 6.78. The summed E-state index contributed by atoms with van der Waals surface area (Å²) in [5, 5.41) is 2.93. The standard InChI is InChI=1S/C13H16BrCl2NO/c1-3-13(7-15,8-16)17-12(18)10-6-9(2)4-5-11(10)14/h4-6H,3,7-8H2,1-2H3,(H,17,18). The molecule has 1 amide bonds. The Labute approximate surface area is 126 Å². The normalized spacial score (nSPS) is 11.4. The van der Waals surface area contributed by atoms with Gasteiger partial charge in [-0.2, -0.15) is 0 Å². The summed E-state index contributed by atoms with van der Waals surface area (Å²) in [4.78, 5) is 12.3. The van der Waals surface area contributed by atoms with Crippen molar-refractivity contribution in [1.29, 1.82) is 0 Å². The number of carbonyl (C=O) groups excluding carboxylic acids is 1. The van der Waals surface area contributed by atoms with Crippen LogP contribution < -0.4 is 5.32 Å². The van der Waals surface area contributed by atoms with Crippen LogP contribution in [0.3, 0.4) is 0 Å². The van der Waals surface area contributed by atoms with Crippen LogP contribution in [0.25, 0.3) is 0 Å². The summed E-state index contributed by atoms with van der Waals surface area (Å²) >= 11 is 15.2. The number of nitrogens with one attached hydrogen (secondary N) is 1. The lowest BCUT2D eigenvalue weighted by atomic mass is 10.0. The molecule has 0 aromatic heterocycles. The van der Waals surface area contributed by atoms with E-state index in [1.807, 2.05) is 32.0 Å². The predicted molar refractivity (Wildman–Crippen MR) is 80.8 cm³/mol. The number of rotatable bonds is 5. The molecule has 0 saturated heterocycles. The highest BCUT2D eigenvalue weighted by Crippen LogP contribution is 2.21. The van der Waals surface area contributed by atoms with Crippen molar-refractivity contribution in [2.24, 2.45) is 0 Å². The summed E-state index contributed by atoms with van der Waals surface area (Å²) in [6.45, 7) is 3.90. The van der Waals surface area contributed by atoms with Crippen molar-refractivity contribution in [3.8, 4) is 0 Å². The maximum absolute atomic E-state index is 12.3. The van der Waals surface area contributed by atoms with E-state index in [0.29, 0.717) is 23.7 Å². The fourth-order valence-corrected chi connectivity index (χ4v) is 2.73. The first kappa shape index (κ1) is 15.8. The molecule has 18 heavy (non-hydrogen) atoms. The summed E-state index contributed by atoms with van der Waals surface area (Å²) in [6, 6.07) is 5.64. The lowest BCUT2D eigenvalue weighted by molar-refractivity contribution is 0.0912. The first-order valence-corrected chi connectivity index (χ1v) is 7.55. The number of alkyl halides is 2. The third-order valence-corrected chi connectivity index (χ3v) is 4.65. The molecular weight excluding hydrogens is 337 g/mol. The topological polar surface area (TPSA) is 29.1 Å². The van der Waals surface area contributed by atoms with Gasteiger partial charge >= 0.3 is 0 Å². The molecule has 0 saturated carbocycles. The number of hydrogen-bond acceptors (Lipinski definition) is 1. The Morgan fingerprint density at radius 1 is 1.39 bits per heavy atom. The molecule has 0 aliphatic rings. The van der Waals surface area contributed by atoms with Gasteiger partial charge in [-0.15, -0.1) is 23.2 Å².